The molecule has 8 nitrogen and oxygen atoms in total. The van der Waals surface area contributed by atoms with Crippen LogP contribution in [0.2, 0.25) is 0 Å². The quantitative estimate of drug-likeness (QED) is 0.378. The van der Waals surface area contributed by atoms with Gasteiger partial charge in [0.05, 0.1) is 13.3 Å². The first-order valence-corrected chi connectivity index (χ1v) is 9.79. The van der Waals surface area contributed by atoms with Crippen molar-refractivity contribution in [1.82, 2.24) is 5.43 Å². The maximum Gasteiger partial charge on any atom is 0.277 e. The van der Waals surface area contributed by atoms with Crippen LogP contribution in [-0.2, 0) is 9.59 Å². The third kappa shape index (κ3) is 7.49. The van der Waals surface area contributed by atoms with Gasteiger partial charge >= 0.3 is 0 Å². The standard InChI is InChI=1S/C24H23N3O5/c1-30-20-11-13-22(14-12-20)32-17-24(29)27-25-15-18-7-9-21(10-8-18)31-16-23(28)26-19-5-3-2-4-6-19/h2-15H,16-17H2,1H3,(H,26,28)(H,27,29)/b25-15-. The summed E-state index contributed by atoms with van der Waals surface area (Å²) in [5.74, 6) is 1.17. The van der Waals surface area contributed by atoms with E-state index in [0.717, 1.165) is 5.56 Å². The van der Waals surface area contributed by atoms with Crippen LogP contribution in [0.5, 0.6) is 17.2 Å². The molecular weight excluding hydrogens is 410 g/mol. The molecule has 0 aliphatic carbocycles. The van der Waals surface area contributed by atoms with E-state index in [1.54, 1.807) is 67.8 Å². The summed E-state index contributed by atoms with van der Waals surface area (Å²) in [6.07, 6.45) is 1.50. The van der Waals surface area contributed by atoms with Gasteiger partial charge in [0.25, 0.3) is 11.8 Å². The van der Waals surface area contributed by atoms with Crippen molar-refractivity contribution in [2.24, 2.45) is 5.10 Å². The Bertz CT molecular complexity index is 1040. The second-order valence-corrected chi connectivity index (χ2v) is 6.53. The van der Waals surface area contributed by atoms with Gasteiger partial charge in [-0.1, -0.05) is 18.2 Å². The number of benzene rings is 3. The smallest absolute Gasteiger partial charge is 0.277 e. The lowest BCUT2D eigenvalue weighted by Gasteiger charge is -2.07. The van der Waals surface area contributed by atoms with Gasteiger partial charge in [-0.15, -0.1) is 0 Å². The van der Waals surface area contributed by atoms with E-state index in [4.69, 9.17) is 14.2 Å². The fourth-order valence-corrected chi connectivity index (χ4v) is 2.55. The summed E-state index contributed by atoms with van der Waals surface area (Å²) in [5, 5.41) is 6.65. The Balaban J connectivity index is 1.37. The van der Waals surface area contributed by atoms with Crippen LogP contribution in [0.4, 0.5) is 5.69 Å². The molecule has 2 N–H and O–H groups in total. The van der Waals surface area contributed by atoms with Gasteiger partial charge in [-0.25, -0.2) is 5.43 Å². The van der Waals surface area contributed by atoms with E-state index in [1.807, 2.05) is 18.2 Å². The van der Waals surface area contributed by atoms with Gasteiger partial charge in [0.15, 0.2) is 13.2 Å². The zero-order valence-electron chi connectivity index (χ0n) is 17.5. The van der Waals surface area contributed by atoms with E-state index in [2.05, 4.69) is 15.8 Å². The number of para-hydroxylation sites is 1. The van der Waals surface area contributed by atoms with E-state index in [1.165, 1.54) is 6.21 Å². The largest absolute Gasteiger partial charge is 0.497 e. The molecule has 0 spiro atoms. The highest BCUT2D eigenvalue weighted by Crippen LogP contribution is 2.16. The van der Waals surface area contributed by atoms with Crippen LogP contribution >= 0.6 is 0 Å². The van der Waals surface area contributed by atoms with E-state index in [-0.39, 0.29) is 25.0 Å². The van der Waals surface area contributed by atoms with Crippen LogP contribution in [0.15, 0.2) is 84.0 Å². The van der Waals surface area contributed by atoms with Crippen molar-refractivity contribution in [3.05, 3.63) is 84.4 Å². The van der Waals surface area contributed by atoms with Gasteiger partial charge in [-0.05, 0) is 66.2 Å². The summed E-state index contributed by atoms with van der Waals surface area (Å²) in [7, 11) is 1.58. The molecule has 0 aliphatic rings. The minimum atomic E-state index is -0.388. The Labute approximate surface area is 185 Å². The van der Waals surface area contributed by atoms with Crippen molar-refractivity contribution in [2.45, 2.75) is 0 Å². The molecule has 164 valence electrons. The van der Waals surface area contributed by atoms with Gasteiger partial charge < -0.3 is 19.5 Å². The minimum absolute atomic E-state index is 0.105. The van der Waals surface area contributed by atoms with Gasteiger partial charge in [-0.3, -0.25) is 9.59 Å². The van der Waals surface area contributed by atoms with Crippen molar-refractivity contribution < 1.29 is 23.8 Å². The van der Waals surface area contributed by atoms with Crippen LogP contribution < -0.4 is 25.0 Å². The number of hydrazone groups is 1. The van der Waals surface area contributed by atoms with Crippen LogP contribution in [0.1, 0.15) is 5.56 Å². The Kier molecular flexibility index (Phi) is 8.21. The molecule has 32 heavy (non-hydrogen) atoms. The molecule has 0 unspecified atom stereocenters. The molecule has 0 aromatic heterocycles. The first kappa shape index (κ1) is 22.4. The maximum atomic E-state index is 11.9. The number of ether oxygens (including phenoxy) is 3. The summed E-state index contributed by atoms with van der Waals surface area (Å²) in [5.41, 5.74) is 3.86. The summed E-state index contributed by atoms with van der Waals surface area (Å²) in [6.45, 7) is -0.270. The highest BCUT2D eigenvalue weighted by Gasteiger charge is 2.04. The highest BCUT2D eigenvalue weighted by molar-refractivity contribution is 5.91. The summed E-state index contributed by atoms with van der Waals surface area (Å²) in [6, 6.07) is 23.0. The van der Waals surface area contributed by atoms with E-state index < -0.39 is 0 Å². The van der Waals surface area contributed by atoms with Crippen LogP contribution in [0, 0.1) is 0 Å². The van der Waals surface area contributed by atoms with Crippen molar-refractivity contribution in [1.29, 1.82) is 0 Å². The fraction of sp³-hybridized carbons (Fsp3) is 0.125. The zero-order valence-corrected chi connectivity index (χ0v) is 17.5. The summed E-state index contributed by atoms with van der Waals surface area (Å²) >= 11 is 0. The number of hydrogen-bond donors (Lipinski definition) is 2. The molecule has 3 aromatic carbocycles. The van der Waals surface area contributed by atoms with Crippen LogP contribution in [0.3, 0.4) is 0 Å². The first-order valence-electron chi connectivity index (χ1n) is 9.79. The molecule has 0 bridgehead atoms. The number of anilines is 1. The molecule has 0 radical (unpaired) electrons. The SMILES string of the molecule is COc1ccc(OCC(=O)N/N=C\c2ccc(OCC(=O)Nc3ccccc3)cc2)cc1. The molecule has 0 saturated heterocycles. The Morgan fingerprint density at radius 2 is 1.34 bits per heavy atom. The number of nitrogens with zero attached hydrogens (tertiary/aromatic N) is 1. The number of amides is 2. The highest BCUT2D eigenvalue weighted by atomic mass is 16.5. The molecule has 0 fully saturated rings. The lowest BCUT2D eigenvalue weighted by molar-refractivity contribution is -0.123. The zero-order chi connectivity index (χ0) is 22.6. The third-order valence-corrected chi connectivity index (χ3v) is 4.14. The molecule has 8 heteroatoms. The summed E-state index contributed by atoms with van der Waals surface area (Å²) < 4.78 is 15.9. The normalized spacial score (nSPS) is 10.4. The number of nitrogens with one attached hydrogen (secondary N) is 2. The number of carbonyl (C=O) groups excluding carboxylic acids is 2. The molecule has 2 amide bonds. The maximum absolute atomic E-state index is 11.9. The monoisotopic (exact) mass is 433 g/mol. The number of carbonyl (C=O) groups is 2. The second kappa shape index (κ2) is 11.8. The predicted octanol–water partition coefficient (Wildman–Crippen LogP) is 3.24. The van der Waals surface area contributed by atoms with Gasteiger partial charge in [0, 0.05) is 5.69 Å². The fourth-order valence-electron chi connectivity index (χ4n) is 2.55. The number of methoxy groups -OCH3 is 1. The van der Waals surface area contributed by atoms with Crippen molar-refractivity contribution in [3.63, 3.8) is 0 Å². The van der Waals surface area contributed by atoms with Gasteiger partial charge in [0.1, 0.15) is 17.2 Å². The number of rotatable bonds is 10. The van der Waals surface area contributed by atoms with Crippen LogP contribution in [0.25, 0.3) is 0 Å². The van der Waals surface area contributed by atoms with Gasteiger partial charge in [-0.2, -0.15) is 5.10 Å². The minimum Gasteiger partial charge on any atom is -0.497 e. The molecule has 0 aliphatic heterocycles. The molecule has 0 heterocycles. The lowest BCUT2D eigenvalue weighted by Crippen LogP contribution is -2.24. The summed E-state index contributed by atoms with van der Waals surface area (Å²) in [4.78, 5) is 23.7. The molecule has 0 saturated carbocycles. The van der Waals surface area contributed by atoms with E-state index >= 15 is 0 Å². The van der Waals surface area contributed by atoms with Gasteiger partial charge in [0.2, 0.25) is 0 Å². The predicted molar refractivity (Wildman–Crippen MR) is 121 cm³/mol. The topological polar surface area (TPSA) is 98.2 Å². The van der Waals surface area contributed by atoms with E-state index in [9.17, 15) is 9.59 Å². The molecule has 3 rings (SSSR count). The average molecular weight is 433 g/mol. The number of hydrogen-bond acceptors (Lipinski definition) is 6. The van der Waals surface area contributed by atoms with Crippen molar-refractivity contribution in [3.8, 4) is 17.2 Å². The van der Waals surface area contributed by atoms with Crippen molar-refractivity contribution in [2.75, 3.05) is 25.6 Å². The third-order valence-electron chi connectivity index (χ3n) is 4.14. The Morgan fingerprint density at radius 3 is 1.97 bits per heavy atom. The molecular formula is C24H23N3O5. The molecule has 3 aromatic rings. The molecule has 0 atom stereocenters. The average Bonchev–Trinajstić information content (AvgIpc) is 2.83. The van der Waals surface area contributed by atoms with E-state index in [0.29, 0.717) is 22.9 Å². The first-order chi connectivity index (χ1) is 15.6. The Hall–Kier alpha value is -4.33. The second-order valence-electron chi connectivity index (χ2n) is 6.53. The lowest BCUT2D eigenvalue weighted by atomic mass is 10.2. The van der Waals surface area contributed by atoms with Crippen LogP contribution in [-0.4, -0.2) is 38.4 Å². The Morgan fingerprint density at radius 1 is 0.781 bits per heavy atom. The van der Waals surface area contributed by atoms with Crippen molar-refractivity contribution >= 4 is 23.7 Å².